The molecule has 0 aromatic heterocycles. The second-order valence-corrected chi connectivity index (χ2v) is 32.3. The van der Waals surface area contributed by atoms with Gasteiger partial charge in [-0.2, -0.15) is 0 Å². The fourth-order valence-electron chi connectivity index (χ4n) is 8.88. The van der Waals surface area contributed by atoms with Crippen LogP contribution in [0.1, 0.15) is 211 Å². The van der Waals surface area contributed by atoms with E-state index in [0.29, 0.717) is 23.0 Å². The van der Waals surface area contributed by atoms with Crippen LogP contribution in [-0.4, -0.2) is 0 Å². The van der Waals surface area contributed by atoms with Crippen LogP contribution in [0.15, 0.2) is 127 Å². The third-order valence-corrected chi connectivity index (χ3v) is 17.8. The number of benzene rings is 6. The third-order valence-electron chi connectivity index (χ3n) is 13.9. The summed E-state index contributed by atoms with van der Waals surface area (Å²) in [6.07, 6.45) is 0. The standard InChI is InChI=1S/C68H93O5P2/c1-61(2,3)48-32-38-57(53(42-48)65(13,14)15)69-74(70-58-39-33-49(62(4,5)6)43-54(58)66(16,17)18)73-75(52-36-30-47(31-37-52)46-28-26-25-27-29-46,71-59-40-34-50(63(7,8)9)44-55(59)67(19,20)21)72-60-41-35-51(64(10,11)12)45-56(60)68(22,23)24/h25-45H,1-24H3/q+1. The van der Waals surface area contributed by atoms with Gasteiger partial charge in [0.05, 0.1) is 0 Å². The molecule has 0 fully saturated rings. The molecule has 0 heterocycles. The second-order valence-electron chi connectivity index (χ2n) is 28.9. The number of rotatable bonds is 12. The summed E-state index contributed by atoms with van der Waals surface area (Å²) in [4.78, 5) is 0. The van der Waals surface area contributed by atoms with Gasteiger partial charge in [0.2, 0.25) is 5.30 Å². The molecule has 6 aromatic rings. The second kappa shape index (κ2) is 21.3. The fraction of sp³-hybridized carbons (Fsp3) is 0.471. The summed E-state index contributed by atoms with van der Waals surface area (Å²) in [5.74, 6) is 2.70. The molecule has 0 aliphatic heterocycles. The Bertz CT molecular complexity index is 2760. The van der Waals surface area contributed by atoms with Gasteiger partial charge in [-0.1, -0.05) is 261 Å². The SMILES string of the molecule is CC(C)(C)c1ccc(OP(Oc2ccc(C(C)(C)C)cc2C(C)(C)C)O[P+](Oc2ccc(C(C)(C)C)cc2C(C)(C)C)(Oc2ccc(C(C)(C)C)cc2C(C)(C)C)c2ccc(-c3ccccc3)cc2)c(C(C)(C)C)c1. The molecule has 0 N–H and O–H groups in total. The zero-order valence-electron chi connectivity index (χ0n) is 50.6. The van der Waals surface area contributed by atoms with Crippen molar-refractivity contribution in [2.75, 3.05) is 0 Å². The maximum Gasteiger partial charge on any atom is 0.545 e. The van der Waals surface area contributed by atoms with Crippen molar-refractivity contribution < 1.29 is 22.4 Å². The topological polar surface area (TPSA) is 46.2 Å². The highest BCUT2D eigenvalue weighted by Crippen LogP contribution is 2.69. The molecule has 0 atom stereocenters. The maximum atomic E-state index is 7.93. The molecule has 6 rings (SSSR count). The zero-order valence-corrected chi connectivity index (χ0v) is 52.3. The number of hydrogen-bond acceptors (Lipinski definition) is 5. The Hall–Kier alpha value is -4.66. The van der Waals surface area contributed by atoms with E-state index >= 15 is 0 Å². The van der Waals surface area contributed by atoms with Gasteiger partial charge in [0, 0.05) is 22.3 Å². The van der Waals surface area contributed by atoms with E-state index in [1.807, 2.05) is 6.07 Å². The maximum absolute atomic E-state index is 7.93. The first kappa shape index (κ1) is 59.6. The third kappa shape index (κ3) is 14.7. The van der Waals surface area contributed by atoms with E-state index in [1.165, 1.54) is 22.3 Å². The molecule has 0 saturated carbocycles. The van der Waals surface area contributed by atoms with Gasteiger partial charge < -0.3 is 9.05 Å². The Morgan fingerprint density at radius 2 is 0.573 bits per heavy atom. The predicted octanol–water partition coefficient (Wildman–Crippen LogP) is 20.7. The Balaban J connectivity index is 1.76. The monoisotopic (exact) mass is 1050 g/mol. The molecule has 7 heteroatoms. The molecule has 0 radical (unpaired) electrons. The highest BCUT2D eigenvalue weighted by molar-refractivity contribution is 7.75. The smallest absolute Gasteiger partial charge is 0.415 e. The first-order chi connectivity index (χ1) is 34.2. The van der Waals surface area contributed by atoms with Crippen molar-refractivity contribution in [2.24, 2.45) is 0 Å². The van der Waals surface area contributed by atoms with E-state index in [4.69, 9.17) is 22.4 Å². The van der Waals surface area contributed by atoms with Crippen LogP contribution in [0.3, 0.4) is 0 Å². The van der Waals surface area contributed by atoms with Gasteiger partial charge in [-0.3, -0.25) is 9.05 Å². The van der Waals surface area contributed by atoms with Crippen molar-refractivity contribution in [2.45, 2.75) is 209 Å². The van der Waals surface area contributed by atoms with Crippen LogP contribution < -0.4 is 23.4 Å². The molecule has 75 heavy (non-hydrogen) atoms. The molecule has 0 bridgehead atoms. The lowest BCUT2D eigenvalue weighted by molar-refractivity contribution is 0.321. The van der Waals surface area contributed by atoms with E-state index in [0.717, 1.165) is 38.7 Å². The Labute approximate surface area is 457 Å². The van der Waals surface area contributed by atoms with Gasteiger partial charge in [0.25, 0.3) is 0 Å². The zero-order chi connectivity index (χ0) is 56.1. The molecule has 0 aliphatic carbocycles. The summed E-state index contributed by atoms with van der Waals surface area (Å²) >= 11 is 0. The van der Waals surface area contributed by atoms with Gasteiger partial charge in [-0.05, 0) is 113 Å². The van der Waals surface area contributed by atoms with E-state index < -0.39 is 16.5 Å². The minimum atomic E-state index is -3.94. The van der Waals surface area contributed by atoms with Crippen LogP contribution in [0, 0.1) is 0 Å². The van der Waals surface area contributed by atoms with Gasteiger partial charge in [-0.25, -0.2) is 0 Å². The normalized spacial score (nSPS) is 13.5. The molecule has 404 valence electrons. The average molecular weight is 1050 g/mol. The summed E-state index contributed by atoms with van der Waals surface area (Å²) in [5.41, 5.74) is 9.50. The van der Waals surface area contributed by atoms with Gasteiger partial charge in [0.1, 0.15) is 11.5 Å². The summed E-state index contributed by atoms with van der Waals surface area (Å²) in [6.45, 7) is 53.9. The fourth-order valence-corrected chi connectivity index (χ4v) is 12.8. The molecule has 0 saturated heterocycles. The van der Waals surface area contributed by atoms with Crippen LogP contribution in [0.25, 0.3) is 11.1 Å². The molecular weight excluding hydrogens is 959 g/mol. The minimum Gasteiger partial charge on any atom is -0.415 e. The lowest BCUT2D eigenvalue weighted by Crippen LogP contribution is -2.27. The van der Waals surface area contributed by atoms with E-state index in [2.05, 4.69) is 287 Å². The van der Waals surface area contributed by atoms with Gasteiger partial charge >= 0.3 is 16.5 Å². The van der Waals surface area contributed by atoms with Crippen molar-refractivity contribution in [1.82, 2.24) is 0 Å². The Morgan fingerprint density at radius 1 is 0.293 bits per heavy atom. The van der Waals surface area contributed by atoms with E-state index in [-0.39, 0.29) is 43.3 Å². The average Bonchev–Trinajstić information content (AvgIpc) is 3.27. The molecule has 6 aromatic carbocycles. The van der Waals surface area contributed by atoms with Crippen molar-refractivity contribution in [3.8, 4) is 34.1 Å². The predicted molar refractivity (Wildman–Crippen MR) is 324 cm³/mol. The van der Waals surface area contributed by atoms with Crippen LogP contribution >= 0.6 is 16.5 Å². The molecule has 0 amide bonds. The largest absolute Gasteiger partial charge is 0.545 e. The summed E-state index contributed by atoms with van der Waals surface area (Å²) in [7, 11) is -6.34. The van der Waals surface area contributed by atoms with Gasteiger partial charge in [0.15, 0.2) is 11.5 Å². The van der Waals surface area contributed by atoms with Crippen LogP contribution in [0.2, 0.25) is 0 Å². The summed E-state index contributed by atoms with van der Waals surface area (Å²) in [5, 5.41) is 0.736. The molecule has 0 unspecified atom stereocenters. The van der Waals surface area contributed by atoms with Crippen LogP contribution in [0.4, 0.5) is 0 Å². The number of hydrogen-bond donors (Lipinski definition) is 0. The van der Waals surface area contributed by atoms with E-state index in [9.17, 15) is 0 Å². The lowest BCUT2D eigenvalue weighted by atomic mass is 9.80. The minimum absolute atomic E-state index is 0.0957. The molecular formula is C68H93O5P2+. The van der Waals surface area contributed by atoms with Crippen LogP contribution in [-0.2, 0) is 47.6 Å². The van der Waals surface area contributed by atoms with Crippen molar-refractivity contribution >= 4 is 21.9 Å². The highest BCUT2D eigenvalue weighted by atomic mass is 31.3. The summed E-state index contributed by atoms with van der Waals surface area (Å²) in [6, 6.07) is 45.3. The van der Waals surface area contributed by atoms with Crippen molar-refractivity contribution in [1.29, 1.82) is 0 Å². The molecule has 0 spiro atoms. The van der Waals surface area contributed by atoms with Crippen molar-refractivity contribution in [3.05, 3.63) is 172 Å². The van der Waals surface area contributed by atoms with Crippen molar-refractivity contribution in [3.63, 3.8) is 0 Å². The van der Waals surface area contributed by atoms with Crippen LogP contribution in [0.5, 0.6) is 23.0 Å². The quantitative estimate of drug-likeness (QED) is 0.114. The molecule has 0 aliphatic rings. The Morgan fingerprint density at radius 3 is 0.867 bits per heavy atom. The first-order valence-electron chi connectivity index (χ1n) is 27.1. The lowest BCUT2D eigenvalue weighted by Gasteiger charge is -2.32. The van der Waals surface area contributed by atoms with E-state index in [1.54, 1.807) is 0 Å². The first-order valence-corrected chi connectivity index (χ1v) is 29.7. The Kier molecular flexibility index (Phi) is 16.9. The molecule has 5 nitrogen and oxygen atoms in total. The summed E-state index contributed by atoms with van der Waals surface area (Å²) < 4.78 is 38.6. The highest BCUT2D eigenvalue weighted by Gasteiger charge is 2.58. The van der Waals surface area contributed by atoms with Gasteiger partial charge in [-0.15, -0.1) is 0 Å².